The second-order valence-electron chi connectivity index (χ2n) is 8.21. The molecular formula is C26H34FN3O2. The van der Waals surface area contributed by atoms with Gasteiger partial charge < -0.3 is 9.84 Å². The van der Waals surface area contributed by atoms with Crippen molar-refractivity contribution in [1.29, 1.82) is 0 Å². The lowest BCUT2D eigenvalue weighted by molar-refractivity contribution is 0.0991. The van der Waals surface area contributed by atoms with Crippen LogP contribution in [0.3, 0.4) is 0 Å². The average Bonchev–Trinajstić information content (AvgIpc) is 3.08. The first kappa shape index (κ1) is 24.0. The van der Waals surface area contributed by atoms with Gasteiger partial charge in [0.15, 0.2) is 0 Å². The number of aromatic nitrogens is 2. The minimum absolute atomic E-state index is 0.349. The van der Waals surface area contributed by atoms with Crippen LogP contribution in [0.15, 0.2) is 54.6 Å². The zero-order valence-electron chi connectivity index (χ0n) is 19.3. The van der Waals surface area contributed by atoms with Crippen LogP contribution in [-0.2, 0) is 6.54 Å². The molecule has 172 valence electrons. The number of rotatable bonds is 12. The summed E-state index contributed by atoms with van der Waals surface area (Å²) >= 11 is 0. The van der Waals surface area contributed by atoms with E-state index in [1.165, 1.54) is 12.1 Å². The van der Waals surface area contributed by atoms with Gasteiger partial charge in [0.2, 0.25) is 5.88 Å². The summed E-state index contributed by atoms with van der Waals surface area (Å²) in [5, 5.41) is 15.3. The first-order valence-corrected chi connectivity index (χ1v) is 11.5. The maximum absolute atomic E-state index is 13.8. The van der Waals surface area contributed by atoms with Gasteiger partial charge in [0.05, 0.1) is 23.0 Å². The molecule has 0 aliphatic heterocycles. The Labute approximate surface area is 190 Å². The van der Waals surface area contributed by atoms with Crippen LogP contribution in [0, 0.1) is 12.7 Å². The standard InChI is InChI=1S/C26H34FN3O2/c1-4-6-14-23(31)18-29(16-5-2)19-25-20(3)28-30(22-12-8-7-9-13-22)26(25)32-24-15-10-11-21(27)17-24/h7-13,15,17,23,31H,4-6,14,16,18-19H2,1-3H3. The summed E-state index contributed by atoms with van der Waals surface area (Å²) in [5.74, 6) is 0.648. The predicted octanol–water partition coefficient (Wildman–Crippen LogP) is 5.88. The Morgan fingerprint density at radius 2 is 1.88 bits per heavy atom. The molecule has 1 aromatic heterocycles. The van der Waals surface area contributed by atoms with E-state index in [4.69, 9.17) is 9.84 Å². The number of aliphatic hydroxyl groups excluding tert-OH is 1. The summed E-state index contributed by atoms with van der Waals surface area (Å²) < 4.78 is 21.8. The number of aliphatic hydroxyl groups is 1. The molecule has 0 aliphatic rings. The quantitative estimate of drug-likeness (QED) is 0.383. The molecule has 3 rings (SSSR count). The Morgan fingerprint density at radius 3 is 2.56 bits per heavy atom. The molecule has 1 unspecified atom stereocenters. The third-order valence-electron chi connectivity index (χ3n) is 5.43. The molecule has 0 aliphatic carbocycles. The number of hydrogen-bond acceptors (Lipinski definition) is 4. The van der Waals surface area contributed by atoms with E-state index in [1.807, 2.05) is 37.3 Å². The molecule has 1 heterocycles. The first-order chi connectivity index (χ1) is 15.5. The van der Waals surface area contributed by atoms with Crippen LogP contribution < -0.4 is 4.74 Å². The fourth-order valence-corrected chi connectivity index (χ4v) is 3.82. The number of ether oxygens (including phenoxy) is 1. The number of hydrogen-bond donors (Lipinski definition) is 1. The van der Waals surface area contributed by atoms with E-state index in [2.05, 4.69) is 18.7 Å². The van der Waals surface area contributed by atoms with Crippen LogP contribution in [0.4, 0.5) is 4.39 Å². The minimum Gasteiger partial charge on any atom is -0.438 e. The average molecular weight is 440 g/mol. The first-order valence-electron chi connectivity index (χ1n) is 11.5. The molecule has 2 aromatic carbocycles. The van der Waals surface area contributed by atoms with Gasteiger partial charge in [-0.2, -0.15) is 5.10 Å². The fraction of sp³-hybridized carbons (Fsp3) is 0.423. The van der Waals surface area contributed by atoms with Crippen molar-refractivity contribution in [2.75, 3.05) is 13.1 Å². The molecule has 0 fully saturated rings. The number of nitrogens with zero attached hydrogens (tertiary/aromatic N) is 3. The second kappa shape index (κ2) is 11.8. The Bertz CT molecular complexity index is 974. The van der Waals surface area contributed by atoms with Gasteiger partial charge in [-0.25, -0.2) is 9.07 Å². The van der Waals surface area contributed by atoms with Gasteiger partial charge in [-0.1, -0.05) is 51.0 Å². The van der Waals surface area contributed by atoms with Gasteiger partial charge in [0.1, 0.15) is 11.6 Å². The lowest BCUT2D eigenvalue weighted by Crippen LogP contribution is -2.33. The Morgan fingerprint density at radius 1 is 1.09 bits per heavy atom. The number of unbranched alkanes of at least 4 members (excludes halogenated alkanes) is 1. The zero-order valence-corrected chi connectivity index (χ0v) is 19.3. The van der Waals surface area contributed by atoms with Gasteiger partial charge in [0.25, 0.3) is 0 Å². The van der Waals surface area contributed by atoms with E-state index in [0.717, 1.165) is 49.2 Å². The molecule has 0 bridgehead atoms. The van der Waals surface area contributed by atoms with Crippen LogP contribution in [0.2, 0.25) is 0 Å². The molecule has 5 nitrogen and oxygen atoms in total. The van der Waals surface area contributed by atoms with Crippen LogP contribution in [-0.4, -0.2) is 39.0 Å². The lowest BCUT2D eigenvalue weighted by atomic mass is 10.1. The van der Waals surface area contributed by atoms with Crippen LogP contribution in [0.25, 0.3) is 5.69 Å². The Hall–Kier alpha value is -2.70. The number of aryl methyl sites for hydroxylation is 1. The summed E-state index contributed by atoms with van der Waals surface area (Å²) in [4.78, 5) is 2.25. The van der Waals surface area contributed by atoms with Crippen LogP contribution in [0.1, 0.15) is 50.8 Å². The van der Waals surface area contributed by atoms with Crippen molar-refractivity contribution >= 4 is 0 Å². The van der Waals surface area contributed by atoms with Gasteiger partial charge in [-0.05, 0) is 50.6 Å². The molecular weight excluding hydrogens is 405 g/mol. The molecule has 1 atom stereocenters. The second-order valence-corrected chi connectivity index (χ2v) is 8.21. The van der Waals surface area contributed by atoms with E-state index in [-0.39, 0.29) is 11.9 Å². The molecule has 32 heavy (non-hydrogen) atoms. The molecule has 1 N–H and O–H groups in total. The predicted molar refractivity (Wildman–Crippen MR) is 126 cm³/mol. The number of halogens is 1. The molecule has 6 heteroatoms. The summed E-state index contributed by atoms with van der Waals surface area (Å²) in [6.07, 6.45) is 3.50. The molecule has 0 saturated carbocycles. The van der Waals surface area contributed by atoms with Gasteiger partial charge in [0, 0.05) is 19.2 Å². The highest BCUT2D eigenvalue weighted by molar-refractivity contribution is 5.43. The summed E-state index contributed by atoms with van der Waals surface area (Å²) in [6, 6.07) is 15.9. The van der Waals surface area contributed by atoms with Gasteiger partial charge >= 0.3 is 0 Å². The third-order valence-corrected chi connectivity index (χ3v) is 5.43. The van der Waals surface area contributed by atoms with Crippen molar-refractivity contribution < 1.29 is 14.2 Å². The topological polar surface area (TPSA) is 50.5 Å². The van der Waals surface area contributed by atoms with Crippen molar-refractivity contribution in [2.45, 2.75) is 59.1 Å². The Balaban J connectivity index is 1.95. The highest BCUT2D eigenvalue weighted by Gasteiger charge is 2.22. The van der Waals surface area contributed by atoms with Crippen LogP contribution >= 0.6 is 0 Å². The van der Waals surface area contributed by atoms with Crippen molar-refractivity contribution in [2.24, 2.45) is 0 Å². The largest absolute Gasteiger partial charge is 0.438 e. The molecule has 3 aromatic rings. The highest BCUT2D eigenvalue weighted by Crippen LogP contribution is 2.32. The SMILES string of the molecule is CCCCC(O)CN(CCC)Cc1c(C)nn(-c2ccccc2)c1Oc1cccc(F)c1. The molecule has 0 spiro atoms. The fourth-order valence-electron chi connectivity index (χ4n) is 3.82. The van der Waals surface area contributed by atoms with Crippen molar-refractivity contribution in [3.8, 4) is 17.3 Å². The summed E-state index contributed by atoms with van der Waals surface area (Å²) in [6.45, 7) is 8.29. The van der Waals surface area contributed by atoms with Crippen molar-refractivity contribution in [3.05, 3.63) is 71.7 Å². The van der Waals surface area contributed by atoms with E-state index in [9.17, 15) is 9.50 Å². The van der Waals surface area contributed by atoms with E-state index < -0.39 is 0 Å². The Kier molecular flexibility index (Phi) is 8.82. The van der Waals surface area contributed by atoms with E-state index in [1.54, 1.807) is 16.8 Å². The normalized spacial score (nSPS) is 12.3. The summed E-state index contributed by atoms with van der Waals surface area (Å²) in [7, 11) is 0. The number of para-hydroxylation sites is 1. The van der Waals surface area contributed by atoms with Crippen molar-refractivity contribution in [1.82, 2.24) is 14.7 Å². The van der Waals surface area contributed by atoms with E-state index in [0.29, 0.717) is 24.7 Å². The number of benzene rings is 2. The molecule has 0 saturated heterocycles. The van der Waals surface area contributed by atoms with Gasteiger partial charge in [-0.15, -0.1) is 0 Å². The van der Waals surface area contributed by atoms with Crippen LogP contribution in [0.5, 0.6) is 11.6 Å². The lowest BCUT2D eigenvalue weighted by Gasteiger charge is -2.25. The monoisotopic (exact) mass is 439 g/mol. The van der Waals surface area contributed by atoms with E-state index >= 15 is 0 Å². The molecule has 0 radical (unpaired) electrons. The minimum atomic E-state index is -0.362. The van der Waals surface area contributed by atoms with Crippen molar-refractivity contribution in [3.63, 3.8) is 0 Å². The zero-order chi connectivity index (χ0) is 22.9. The smallest absolute Gasteiger partial charge is 0.227 e. The maximum atomic E-state index is 13.8. The molecule has 0 amide bonds. The third kappa shape index (κ3) is 6.40. The van der Waals surface area contributed by atoms with Gasteiger partial charge in [-0.3, -0.25) is 4.90 Å². The maximum Gasteiger partial charge on any atom is 0.227 e. The summed E-state index contributed by atoms with van der Waals surface area (Å²) in [5.41, 5.74) is 2.66. The highest BCUT2D eigenvalue weighted by atomic mass is 19.1.